The Morgan fingerprint density at radius 3 is 2.00 bits per heavy atom. The van der Waals surface area contributed by atoms with E-state index in [2.05, 4.69) is 0 Å². The predicted molar refractivity (Wildman–Crippen MR) is 75.1 cm³/mol. The molecule has 3 saturated heterocycles. The van der Waals surface area contributed by atoms with Crippen LogP contribution in [0.4, 0.5) is 0 Å². The van der Waals surface area contributed by atoms with Crippen molar-refractivity contribution in [1.29, 1.82) is 0 Å². The van der Waals surface area contributed by atoms with E-state index < -0.39 is 45.9 Å². The third-order valence-electron chi connectivity index (χ3n) is 4.97. The highest BCUT2D eigenvalue weighted by Crippen LogP contribution is 2.51. The van der Waals surface area contributed by atoms with Crippen LogP contribution in [0.2, 0.25) is 0 Å². The molecule has 0 spiro atoms. The Morgan fingerprint density at radius 2 is 1.50 bits per heavy atom. The largest absolute Gasteiger partial charge is 0.393 e. The van der Waals surface area contributed by atoms with Crippen molar-refractivity contribution in [3.8, 4) is 0 Å². The summed E-state index contributed by atoms with van der Waals surface area (Å²) >= 11 is 0. The van der Waals surface area contributed by atoms with E-state index in [1.54, 1.807) is 24.3 Å². The van der Waals surface area contributed by atoms with E-state index in [0.717, 1.165) is 5.56 Å². The topological polar surface area (TPSA) is 80.8 Å². The molecule has 6 nitrogen and oxygen atoms in total. The highest BCUT2D eigenvalue weighted by Gasteiger charge is 2.66. The average Bonchev–Trinajstić information content (AvgIpc) is 3.11. The first-order valence-corrected chi connectivity index (χ1v) is 8.71. The number of fused-ring (bicyclic) bond motifs is 5. The lowest BCUT2D eigenvalue weighted by atomic mass is 9.81. The summed E-state index contributed by atoms with van der Waals surface area (Å²) in [5.74, 6) is -2.42. The number of hydrogen-bond donors (Lipinski definition) is 0. The maximum absolute atomic E-state index is 12.9. The molecule has 0 unspecified atom stereocenters. The monoisotopic (exact) mass is 321 g/mol. The van der Waals surface area contributed by atoms with Crippen LogP contribution in [0.3, 0.4) is 0 Å². The number of ether oxygens (including phenoxy) is 1. The molecule has 0 saturated carbocycles. The van der Waals surface area contributed by atoms with Gasteiger partial charge in [-0.25, -0.2) is 8.42 Å². The number of sulfonamides is 1. The summed E-state index contributed by atoms with van der Waals surface area (Å²) in [4.78, 5) is 23.9. The molecule has 1 aromatic carbocycles. The van der Waals surface area contributed by atoms with Crippen LogP contribution < -0.4 is 0 Å². The molecule has 1 aromatic rings. The first kappa shape index (κ1) is 13.9. The van der Waals surface area contributed by atoms with Gasteiger partial charge in [-0.1, -0.05) is 17.7 Å². The molecule has 3 aliphatic heterocycles. The number of rotatable bonds is 2. The molecule has 0 radical (unpaired) electrons. The zero-order chi connectivity index (χ0) is 15.6. The van der Waals surface area contributed by atoms with Gasteiger partial charge in [0, 0.05) is 12.1 Å². The van der Waals surface area contributed by atoms with E-state index in [0.29, 0.717) is 12.8 Å². The number of cyclic esters (lactones) is 2. The number of esters is 2. The number of benzene rings is 1. The van der Waals surface area contributed by atoms with Crippen molar-refractivity contribution < 1.29 is 22.7 Å². The predicted octanol–water partition coefficient (Wildman–Crippen LogP) is 0.846. The Kier molecular flexibility index (Phi) is 2.77. The van der Waals surface area contributed by atoms with Gasteiger partial charge in [-0.05, 0) is 31.9 Å². The van der Waals surface area contributed by atoms with Crippen LogP contribution in [0.5, 0.6) is 0 Å². The zero-order valence-corrected chi connectivity index (χ0v) is 12.7. The molecule has 3 aliphatic rings. The van der Waals surface area contributed by atoms with Gasteiger partial charge in [-0.15, -0.1) is 0 Å². The molecule has 0 N–H and O–H groups in total. The van der Waals surface area contributed by atoms with Crippen molar-refractivity contribution in [1.82, 2.24) is 4.31 Å². The van der Waals surface area contributed by atoms with Crippen LogP contribution in [0.25, 0.3) is 0 Å². The standard InChI is InChI=1S/C15H15NO5S/c1-8-2-4-9(5-3-8)22(19,20)16-10-6-7-11(16)13-12(10)14(17)21-15(13)18/h2-5,10-13H,6-7H2,1H3/t10-,11-,12-,13+/m0/s1. The zero-order valence-electron chi connectivity index (χ0n) is 11.9. The quantitative estimate of drug-likeness (QED) is 0.596. The van der Waals surface area contributed by atoms with Crippen LogP contribution in [0.1, 0.15) is 18.4 Å². The highest BCUT2D eigenvalue weighted by molar-refractivity contribution is 7.89. The minimum absolute atomic E-state index is 0.204. The Morgan fingerprint density at radius 1 is 1.00 bits per heavy atom. The van der Waals surface area contributed by atoms with Gasteiger partial charge in [0.05, 0.1) is 16.7 Å². The van der Waals surface area contributed by atoms with Gasteiger partial charge in [0.1, 0.15) is 0 Å². The van der Waals surface area contributed by atoms with Crippen LogP contribution in [0, 0.1) is 18.8 Å². The Bertz CT molecular complexity index is 742. The van der Waals surface area contributed by atoms with Crippen LogP contribution in [-0.2, 0) is 24.3 Å². The van der Waals surface area contributed by atoms with Crippen molar-refractivity contribution >= 4 is 22.0 Å². The van der Waals surface area contributed by atoms with Gasteiger partial charge in [0.15, 0.2) is 0 Å². The summed E-state index contributed by atoms with van der Waals surface area (Å²) < 4.78 is 31.9. The second-order valence-corrected chi connectivity index (χ2v) is 7.99. The van der Waals surface area contributed by atoms with E-state index in [1.165, 1.54) is 4.31 Å². The number of hydrogen-bond acceptors (Lipinski definition) is 5. The third kappa shape index (κ3) is 1.66. The number of aryl methyl sites for hydroxylation is 1. The highest BCUT2D eigenvalue weighted by atomic mass is 32.2. The third-order valence-corrected chi connectivity index (χ3v) is 6.93. The maximum atomic E-state index is 12.9. The first-order chi connectivity index (χ1) is 10.4. The molecule has 7 heteroatoms. The fourth-order valence-electron chi connectivity index (χ4n) is 4.03. The molecule has 116 valence electrons. The van der Waals surface area contributed by atoms with Crippen molar-refractivity contribution in [2.24, 2.45) is 11.8 Å². The van der Waals surface area contributed by atoms with E-state index in [9.17, 15) is 18.0 Å². The van der Waals surface area contributed by atoms with Gasteiger partial charge >= 0.3 is 11.9 Å². The van der Waals surface area contributed by atoms with Crippen molar-refractivity contribution in [3.05, 3.63) is 29.8 Å². The maximum Gasteiger partial charge on any atom is 0.319 e. The van der Waals surface area contributed by atoms with Gasteiger partial charge < -0.3 is 4.74 Å². The summed E-state index contributed by atoms with van der Waals surface area (Å²) in [7, 11) is -3.71. The molecule has 0 amide bonds. The lowest BCUT2D eigenvalue weighted by Gasteiger charge is -2.23. The Labute approximate surface area is 128 Å². The van der Waals surface area contributed by atoms with Gasteiger partial charge in [-0.2, -0.15) is 4.31 Å². The van der Waals surface area contributed by atoms with Gasteiger partial charge in [-0.3, -0.25) is 9.59 Å². The smallest absolute Gasteiger partial charge is 0.319 e. The van der Waals surface area contributed by atoms with Crippen molar-refractivity contribution in [3.63, 3.8) is 0 Å². The SMILES string of the molecule is Cc1ccc(S(=O)(=O)N2[C@H]3CC[C@H]2[C@H]2C(=O)OC(=O)[C@H]23)cc1. The molecule has 0 aromatic heterocycles. The lowest BCUT2D eigenvalue weighted by Crippen LogP contribution is -2.39. The number of carbonyl (C=O) groups is 2. The first-order valence-electron chi connectivity index (χ1n) is 7.27. The summed E-state index contributed by atoms with van der Waals surface area (Å²) in [5.41, 5.74) is 0.971. The van der Waals surface area contributed by atoms with E-state index in [4.69, 9.17) is 4.74 Å². The Hall–Kier alpha value is -1.73. The second-order valence-electron chi connectivity index (χ2n) is 6.15. The van der Waals surface area contributed by atoms with E-state index >= 15 is 0 Å². The molecular weight excluding hydrogens is 306 g/mol. The molecule has 4 atom stereocenters. The normalized spacial score (nSPS) is 34.0. The van der Waals surface area contributed by atoms with Gasteiger partial charge in [0.2, 0.25) is 10.0 Å². The summed E-state index contributed by atoms with van der Waals surface area (Å²) in [5, 5.41) is 0. The lowest BCUT2D eigenvalue weighted by molar-refractivity contribution is -0.154. The van der Waals surface area contributed by atoms with Crippen LogP contribution in [0.15, 0.2) is 29.2 Å². The molecule has 2 bridgehead atoms. The summed E-state index contributed by atoms with van der Waals surface area (Å²) in [6.07, 6.45) is 1.19. The molecule has 4 rings (SSSR count). The summed E-state index contributed by atoms with van der Waals surface area (Å²) in [6, 6.07) is 5.70. The second kappa shape index (κ2) is 4.39. The number of carbonyl (C=O) groups excluding carboxylic acids is 2. The molecule has 3 fully saturated rings. The minimum atomic E-state index is -3.71. The minimum Gasteiger partial charge on any atom is -0.393 e. The van der Waals surface area contributed by atoms with Crippen molar-refractivity contribution in [2.45, 2.75) is 36.7 Å². The average molecular weight is 321 g/mol. The van der Waals surface area contributed by atoms with Crippen molar-refractivity contribution in [2.75, 3.05) is 0 Å². The molecule has 22 heavy (non-hydrogen) atoms. The molecular formula is C15H15NO5S. The van der Waals surface area contributed by atoms with Gasteiger partial charge in [0.25, 0.3) is 0 Å². The number of nitrogens with zero attached hydrogens (tertiary/aromatic N) is 1. The summed E-state index contributed by atoms with van der Waals surface area (Å²) in [6.45, 7) is 1.88. The fraction of sp³-hybridized carbons (Fsp3) is 0.467. The fourth-order valence-corrected chi connectivity index (χ4v) is 5.94. The molecule has 3 heterocycles. The van der Waals surface area contributed by atoms with Crippen LogP contribution >= 0.6 is 0 Å². The van der Waals surface area contributed by atoms with E-state index in [1.807, 2.05) is 6.92 Å². The van der Waals surface area contributed by atoms with E-state index in [-0.39, 0.29) is 4.90 Å². The molecule has 0 aliphatic carbocycles. The Balaban J connectivity index is 1.76. The van der Waals surface area contributed by atoms with Crippen LogP contribution in [-0.4, -0.2) is 36.7 Å².